The summed E-state index contributed by atoms with van der Waals surface area (Å²) in [6.07, 6.45) is 61.3. The molecule has 0 saturated carbocycles. The molecular formula is C54H90O6. The number of carbonyl (C=O) groups excluding carboxylic acids is 3. The van der Waals surface area contributed by atoms with Crippen LogP contribution in [0.4, 0.5) is 0 Å². The summed E-state index contributed by atoms with van der Waals surface area (Å²) in [6.45, 7) is 6.42. The van der Waals surface area contributed by atoms with E-state index in [2.05, 4.69) is 45.1 Å². The summed E-state index contributed by atoms with van der Waals surface area (Å²) >= 11 is 0. The molecule has 0 heterocycles. The van der Waals surface area contributed by atoms with Crippen molar-refractivity contribution in [3.8, 4) is 0 Å². The monoisotopic (exact) mass is 835 g/mol. The predicted molar refractivity (Wildman–Crippen MR) is 256 cm³/mol. The van der Waals surface area contributed by atoms with Crippen molar-refractivity contribution in [2.75, 3.05) is 13.2 Å². The van der Waals surface area contributed by atoms with Gasteiger partial charge in [-0.3, -0.25) is 14.4 Å². The summed E-state index contributed by atoms with van der Waals surface area (Å²) in [5.41, 5.74) is 0. The predicted octanol–water partition coefficient (Wildman–Crippen LogP) is 16.0. The molecular weight excluding hydrogens is 745 g/mol. The first-order valence-corrected chi connectivity index (χ1v) is 24.7. The number of hydrogen-bond acceptors (Lipinski definition) is 6. The largest absolute Gasteiger partial charge is 0.462 e. The molecule has 0 aromatic carbocycles. The van der Waals surface area contributed by atoms with E-state index in [9.17, 15) is 14.4 Å². The van der Waals surface area contributed by atoms with E-state index in [1.807, 2.05) is 60.8 Å². The van der Waals surface area contributed by atoms with Gasteiger partial charge in [0.2, 0.25) is 0 Å². The number of allylic oxidation sites excluding steroid dienone is 14. The van der Waals surface area contributed by atoms with E-state index in [1.165, 1.54) is 109 Å². The van der Waals surface area contributed by atoms with Gasteiger partial charge in [0, 0.05) is 19.3 Å². The van der Waals surface area contributed by atoms with Crippen LogP contribution < -0.4 is 0 Å². The molecule has 1 atom stereocenters. The molecule has 0 N–H and O–H groups in total. The molecule has 342 valence electrons. The lowest BCUT2D eigenvalue weighted by atomic mass is 10.1. The number of esters is 3. The molecule has 0 aliphatic carbocycles. The highest BCUT2D eigenvalue weighted by Crippen LogP contribution is 2.14. The van der Waals surface area contributed by atoms with Crippen LogP contribution in [0.1, 0.15) is 220 Å². The summed E-state index contributed by atoms with van der Waals surface area (Å²) in [6, 6.07) is 0. The first kappa shape index (κ1) is 56.6. The zero-order valence-electron chi connectivity index (χ0n) is 38.9. The molecule has 6 heteroatoms. The second kappa shape index (κ2) is 48.3. The lowest BCUT2D eigenvalue weighted by Gasteiger charge is -2.18. The summed E-state index contributed by atoms with van der Waals surface area (Å²) in [7, 11) is 0. The van der Waals surface area contributed by atoms with Crippen LogP contribution in [0.25, 0.3) is 0 Å². The van der Waals surface area contributed by atoms with Gasteiger partial charge < -0.3 is 14.2 Å². The Morgan fingerprint density at radius 3 is 1.10 bits per heavy atom. The fourth-order valence-electron chi connectivity index (χ4n) is 6.58. The zero-order chi connectivity index (χ0) is 43.7. The number of hydrogen-bond donors (Lipinski definition) is 0. The van der Waals surface area contributed by atoms with Crippen molar-refractivity contribution in [2.45, 2.75) is 226 Å². The fourth-order valence-corrected chi connectivity index (χ4v) is 6.58. The lowest BCUT2D eigenvalue weighted by molar-refractivity contribution is -0.167. The topological polar surface area (TPSA) is 78.9 Å². The minimum atomic E-state index is -0.794. The second-order valence-electron chi connectivity index (χ2n) is 16.1. The summed E-state index contributed by atoms with van der Waals surface area (Å²) in [4.78, 5) is 37.9. The summed E-state index contributed by atoms with van der Waals surface area (Å²) in [5, 5.41) is 0. The van der Waals surface area contributed by atoms with Crippen molar-refractivity contribution in [1.29, 1.82) is 0 Å². The molecule has 0 spiro atoms. The molecule has 0 aromatic heterocycles. The van der Waals surface area contributed by atoms with Crippen molar-refractivity contribution in [3.63, 3.8) is 0 Å². The Morgan fingerprint density at radius 2 is 0.667 bits per heavy atom. The smallest absolute Gasteiger partial charge is 0.306 e. The number of unbranched alkanes of at least 4 members (excludes halogenated alkanes) is 23. The van der Waals surface area contributed by atoms with Crippen molar-refractivity contribution >= 4 is 17.9 Å². The normalized spacial score (nSPS) is 12.8. The molecule has 0 aliphatic rings. The third-order valence-electron chi connectivity index (χ3n) is 10.3. The van der Waals surface area contributed by atoms with Gasteiger partial charge in [0.05, 0.1) is 0 Å². The van der Waals surface area contributed by atoms with Crippen molar-refractivity contribution in [2.24, 2.45) is 0 Å². The molecule has 0 aliphatic heterocycles. The Kier molecular flexibility index (Phi) is 45.5. The van der Waals surface area contributed by atoms with Gasteiger partial charge in [-0.15, -0.1) is 0 Å². The highest BCUT2D eigenvalue weighted by atomic mass is 16.6. The summed E-state index contributed by atoms with van der Waals surface area (Å²) < 4.78 is 16.7. The van der Waals surface area contributed by atoms with E-state index >= 15 is 0 Å². The van der Waals surface area contributed by atoms with Gasteiger partial charge in [0.25, 0.3) is 0 Å². The second-order valence-corrected chi connectivity index (χ2v) is 16.1. The quantitative estimate of drug-likeness (QED) is 0.0200. The van der Waals surface area contributed by atoms with Crippen molar-refractivity contribution < 1.29 is 28.6 Å². The van der Waals surface area contributed by atoms with Gasteiger partial charge >= 0.3 is 17.9 Å². The van der Waals surface area contributed by atoms with Crippen molar-refractivity contribution in [1.82, 2.24) is 0 Å². The van der Waals surface area contributed by atoms with Gasteiger partial charge in [0.1, 0.15) is 13.2 Å². The van der Waals surface area contributed by atoms with Crippen LogP contribution >= 0.6 is 0 Å². The fraction of sp³-hybridized carbons (Fsp3) is 0.685. The molecule has 0 amide bonds. The van der Waals surface area contributed by atoms with Gasteiger partial charge in [-0.25, -0.2) is 0 Å². The molecule has 0 bridgehead atoms. The van der Waals surface area contributed by atoms with Crippen LogP contribution in [0.5, 0.6) is 0 Å². The minimum Gasteiger partial charge on any atom is -0.462 e. The Bertz CT molecular complexity index is 1190. The van der Waals surface area contributed by atoms with Crippen LogP contribution in [0, 0.1) is 0 Å². The van der Waals surface area contributed by atoms with E-state index < -0.39 is 6.10 Å². The van der Waals surface area contributed by atoms with E-state index in [1.54, 1.807) is 0 Å². The average molecular weight is 835 g/mol. The molecule has 0 saturated heterocycles. The molecule has 6 nitrogen and oxygen atoms in total. The van der Waals surface area contributed by atoms with Gasteiger partial charge in [-0.05, 0) is 64.2 Å². The standard InChI is InChI=1S/C54H90O6/c1-4-7-10-13-16-19-22-24-26-27-29-30-32-35-38-41-44-47-53(56)59-50-51(49-58-52(55)46-43-40-37-34-21-18-15-12-9-6-3)60-54(57)48-45-42-39-36-33-31-28-25-23-20-17-14-11-8-5-2/h7,10,13,16,19-20,22-24,26-27,29-30,32,51H,4-6,8-9,11-12,14-15,17-18,21,25,28,31,33-50H2,1-3H3/b10-7-,16-13-,22-19-,23-20-,26-24-,29-27+,32-30-. The lowest BCUT2D eigenvalue weighted by Crippen LogP contribution is -2.30. The third kappa shape index (κ3) is 45.7. The number of carbonyl (C=O) groups is 3. The molecule has 0 aromatic rings. The maximum Gasteiger partial charge on any atom is 0.306 e. The first-order valence-electron chi connectivity index (χ1n) is 24.7. The van der Waals surface area contributed by atoms with Crippen LogP contribution in [0.2, 0.25) is 0 Å². The molecule has 1 unspecified atom stereocenters. The SMILES string of the molecule is CC\C=C/C=C\C=C/C=C\C=C\C=C/CCCCCC(=O)OCC(COC(=O)CCCCCCCCCCCC)OC(=O)CCCCCCCCC/C=C\CCCCCC. The Balaban J connectivity index is 4.47. The highest BCUT2D eigenvalue weighted by molar-refractivity contribution is 5.71. The zero-order valence-corrected chi connectivity index (χ0v) is 38.9. The number of rotatable bonds is 43. The summed E-state index contributed by atoms with van der Waals surface area (Å²) in [5.74, 6) is -0.946. The molecule has 0 fully saturated rings. The van der Waals surface area contributed by atoms with Gasteiger partial charge in [-0.1, -0.05) is 221 Å². The van der Waals surface area contributed by atoms with Gasteiger partial charge in [-0.2, -0.15) is 0 Å². The van der Waals surface area contributed by atoms with Crippen LogP contribution in [-0.2, 0) is 28.6 Å². The van der Waals surface area contributed by atoms with Crippen LogP contribution in [0.3, 0.4) is 0 Å². The minimum absolute atomic E-state index is 0.0920. The highest BCUT2D eigenvalue weighted by Gasteiger charge is 2.19. The maximum absolute atomic E-state index is 12.8. The van der Waals surface area contributed by atoms with Crippen molar-refractivity contribution in [3.05, 3.63) is 85.1 Å². The molecule has 0 radical (unpaired) electrons. The molecule has 0 rings (SSSR count). The van der Waals surface area contributed by atoms with E-state index in [0.717, 1.165) is 70.6 Å². The van der Waals surface area contributed by atoms with Gasteiger partial charge in [0.15, 0.2) is 6.10 Å². The van der Waals surface area contributed by atoms with Crippen LogP contribution in [-0.4, -0.2) is 37.2 Å². The first-order chi connectivity index (χ1) is 29.5. The number of ether oxygens (including phenoxy) is 3. The average Bonchev–Trinajstić information content (AvgIpc) is 3.24. The van der Waals surface area contributed by atoms with E-state index in [-0.39, 0.29) is 31.1 Å². The molecule has 60 heavy (non-hydrogen) atoms. The van der Waals surface area contributed by atoms with Crippen LogP contribution in [0.15, 0.2) is 85.1 Å². The third-order valence-corrected chi connectivity index (χ3v) is 10.3. The van der Waals surface area contributed by atoms with E-state index in [4.69, 9.17) is 14.2 Å². The maximum atomic E-state index is 12.8. The Labute approximate surface area is 369 Å². The Morgan fingerprint density at radius 1 is 0.350 bits per heavy atom. The Hall–Kier alpha value is -3.41. The van der Waals surface area contributed by atoms with E-state index in [0.29, 0.717) is 19.3 Å².